The Morgan fingerprint density at radius 3 is 2.93 bits per heavy atom. The summed E-state index contributed by atoms with van der Waals surface area (Å²) in [5, 5.41) is 7.09. The number of carbonyl (C=O) groups excluding carboxylic acids is 1. The van der Waals surface area contributed by atoms with E-state index in [0.717, 1.165) is 24.2 Å². The van der Waals surface area contributed by atoms with Crippen LogP contribution in [0.4, 0.5) is 0 Å². The molecule has 3 aromatic rings. The fourth-order valence-corrected chi connectivity index (χ4v) is 3.67. The van der Waals surface area contributed by atoms with Gasteiger partial charge in [0, 0.05) is 18.7 Å². The lowest BCUT2D eigenvalue weighted by Gasteiger charge is -2.33. The van der Waals surface area contributed by atoms with E-state index in [9.17, 15) is 4.79 Å². The van der Waals surface area contributed by atoms with E-state index < -0.39 is 0 Å². The summed E-state index contributed by atoms with van der Waals surface area (Å²) in [6.45, 7) is 1.73. The van der Waals surface area contributed by atoms with Crippen LogP contribution in [-0.2, 0) is 11.2 Å². The molecule has 1 aromatic heterocycles. The Kier molecular flexibility index (Phi) is 5.91. The number of amides is 1. The third-order valence-corrected chi connectivity index (χ3v) is 5.25. The molecule has 4 rings (SSSR count). The van der Waals surface area contributed by atoms with Crippen LogP contribution in [0.15, 0.2) is 60.8 Å². The lowest BCUT2D eigenvalue weighted by Crippen LogP contribution is -2.45. The summed E-state index contributed by atoms with van der Waals surface area (Å²) >= 11 is 0. The SMILES string of the molecule is COc1cccc(-c2[nH]ncc2C(=O)N2CCO[C@H](CCc3ccccc3)C2)c1. The molecule has 0 spiro atoms. The second kappa shape index (κ2) is 8.92. The lowest BCUT2D eigenvalue weighted by molar-refractivity contribution is -0.0245. The van der Waals surface area contributed by atoms with Gasteiger partial charge >= 0.3 is 0 Å². The number of hydrogen-bond acceptors (Lipinski definition) is 4. The number of hydrogen-bond donors (Lipinski definition) is 1. The number of aryl methyl sites for hydroxylation is 1. The van der Waals surface area contributed by atoms with E-state index >= 15 is 0 Å². The molecule has 1 fully saturated rings. The van der Waals surface area contributed by atoms with E-state index in [-0.39, 0.29) is 12.0 Å². The number of rotatable bonds is 6. The fraction of sp³-hybridized carbons (Fsp3) is 0.304. The highest BCUT2D eigenvalue weighted by molar-refractivity contribution is 5.99. The van der Waals surface area contributed by atoms with Gasteiger partial charge in [-0.05, 0) is 30.5 Å². The standard InChI is InChI=1S/C23H25N3O3/c1-28-19-9-5-8-18(14-19)22-21(15-24-25-22)23(27)26-12-13-29-20(16-26)11-10-17-6-3-2-4-7-17/h2-9,14-15,20H,10-13,16H2,1H3,(H,24,25)/t20-/m1/s1. The monoisotopic (exact) mass is 391 g/mol. The summed E-state index contributed by atoms with van der Waals surface area (Å²) < 4.78 is 11.2. The van der Waals surface area contributed by atoms with Gasteiger partial charge in [-0.1, -0.05) is 42.5 Å². The number of nitrogens with one attached hydrogen (secondary N) is 1. The minimum Gasteiger partial charge on any atom is -0.497 e. The van der Waals surface area contributed by atoms with E-state index in [0.29, 0.717) is 31.0 Å². The van der Waals surface area contributed by atoms with Crippen LogP contribution in [0.25, 0.3) is 11.3 Å². The number of aromatic nitrogens is 2. The molecule has 29 heavy (non-hydrogen) atoms. The van der Waals surface area contributed by atoms with Crippen LogP contribution in [0.1, 0.15) is 22.3 Å². The third-order valence-electron chi connectivity index (χ3n) is 5.25. The fourth-order valence-electron chi connectivity index (χ4n) is 3.67. The van der Waals surface area contributed by atoms with Crippen LogP contribution in [0.3, 0.4) is 0 Å². The van der Waals surface area contributed by atoms with Crippen molar-refractivity contribution in [1.82, 2.24) is 15.1 Å². The summed E-state index contributed by atoms with van der Waals surface area (Å²) in [5.74, 6) is 0.715. The molecule has 0 unspecified atom stereocenters. The van der Waals surface area contributed by atoms with E-state index in [1.54, 1.807) is 13.3 Å². The van der Waals surface area contributed by atoms with Crippen molar-refractivity contribution in [2.75, 3.05) is 26.8 Å². The topological polar surface area (TPSA) is 67.5 Å². The molecule has 6 nitrogen and oxygen atoms in total. The maximum absolute atomic E-state index is 13.2. The molecule has 1 aliphatic heterocycles. The van der Waals surface area contributed by atoms with Gasteiger partial charge in [-0.15, -0.1) is 0 Å². The first-order valence-corrected chi connectivity index (χ1v) is 9.87. The van der Waals surface area contributed by atoms with Gasteiger partial charge in [0.15, 0.2) is 0 Å². The molecule has 2 aromatic carbocycles. The van der Waals surface area contributed by atoms with Crippen molar-refractivity contribution in [1.29, 1.82) is 0 Å². The number of ether oxygens (including phenoxy) is 2. The van der Waals surface area contributed by atoms with Crippen molar-refractivity contribution in [3.8, 4) is 17.0 Å². The number of aromatic amines is 1. The Bertz CT molecular complexity index is 955. The Morgan fingerprint density at radius 2 is 2.10 bits per heavy atom. The number of H-pyrrole nitrogens is 1. The van der Waals surface area contributed by atoms with Gasteiger partial charge in [0.05, 0.1) is 37.3 Å². The van der Waals surface area contributed by atoms with Crippen molar-refractivity contribution in [2.45, 2.75) is 18.9 Å². The van der Waals surface area contributed by atoms with Gasteiger partial charge in [-0.2, -0.15) is 5.10 Å². The van der Waals surface area contributed by atoms with Gasteiger partial charge in [-0.25, -0.2) is 0 Å². The normalized spacial score (nSPS) is 16.6. The van der Waals surface area contributed by atoms with E-state index in [1.807, 2.05) is 47.4 Å². The van der Waals surface area contributed by atoms with Crippen molar-refractivity contribution in [3.63, 3.8) is 0 Å². The summed E-state index contributed by atoms with van der Waals surface area (Å²) in [4.78, 5) is 15.1. The highest BCUT2D eigenvalue weighted by atomic mass is 16.5. The van der Waals surface area contributed by atoms with Crippen molar-refractivity contribution in [2.24, 2.45) is 0 Å². The predicted octanol–water partition coefficient (Wildman–Crippen LogP) is 3.56. The number of nitrogens with zero attached hydrogens (tertiary/aromatic N) is 2. The molecule has 1 atom stereocenters. The molecule has 1 saturated heterocycles. The second-order valence-corrected chi connectivity index (χ2v) is 7.16. The summed E-state index contributed by atoms with van der Waals surface area (Å²) in [6, 6.07) is 18.0. The average Bonchev–Trinajstić information content (AvgIpc) is 3.28. The Balaban J connectivity index is 1.45. The van der Waals surface area contributed by atoms with Crippen LogP contribution >= 0.6 is 0 Å². The minimum absolute atomic E-state index is 0.0235. The van der Waals surface area contributed by atoms with Crippen molar-refractivity contribution >= 4 is 5.91 Å². The van der Waals surface area contributed by atoms with Gasteiger partial charge in [0.25, 0.3) is 5.91 Å². The first kappa shape index (κ1) is 19.2. The molecule has 150 valence electrons. The molecule has 0 bridgehead atoms. The maximum atomic E-state index is 13.2. The Hall–Kier alpha value is -3.12. The van der Waals surface area contributed by atoms with Crippen LogP contribution in [0.2, 0.25) is 0 Å². The van der Waals surface area contributed by atoms with Gasteiger partial charge in [-0.3, -0.25) is 9.89 Å². The minimum atomic E-state index is -0.0235. The van der Waals surface area contributed by atoms with Crippen LogP contribution in [0, 0.1) is 0 Å². The number of carbonyl (C=O) groups is 1. The summed E-state index contributed by atoms with van der Waals surface area (Å²) in [5.41, 5.74) is 3.44. The van der Waals surface area contributed by atoms with Crippen LogP contribution in [0.5, 0.6) is 5.75 Å². The molecule has 0 saturated carbocycles. The molecule has 1 N–H and O–H groups in total. The molecule has 6 heteroatoms. The molecule has 2 heterocycles. The third kappa shape index (κ3) is 4.49. The number of methoxy groups -OCH3 is 1. The van der Waals surface area contributed by atoms with E-state index in [1.165, 1.54) is 5.56 Å². The summed E-state index contributed by atoms with van der Waals surface area (Å²) in [6.07, 6.45) is 3.47. The van der Waals surface area contributed by atoms with Crippen molar-refractivity contribution in [3.05, 3.63) is 71.9 Å². The Morgan fingerprint density at radius 1 is 1.24 bits per heavy atom. The zero-order valence-corrected chi connectivity index (χ0v) is 16.5. The molecule has 0 aliphatic carbocycles. The highest BCUT2D eigenvalue weighted by Gasteiger charge is 2.27. The van der Waals surface area contributed by atoms with Crippen LogP contribution < -0.4 is 4.74 Å². The quantitative estimate of drug-likeness (QED) is 0.698. The number of morpholine rings is 1. The smallest absolute Gasteiger partial charge is 0.257 e. The lowest BCUT2D eigenvalue weighted by atomic mass is 10.0. The average molecular weight is 391 g/mol. The number of benzene rings is 2. The highest BCUT2D eigenvalue weighted by Crippen LogP contribution is 2.26. The molecule has 1 aliphatic rings. The Labute approximate surface area is 170 Å². The second-order valence-electron chi connectivity index (χ2n) is 7.16. The van der Waals surface area contributed by atoms with Crippen molar-refractivity contribution < 1.29 is 14.3 Å². The first-order chi connectivity index (χ1) is 14.2. The molecule has 1 amide bonds. The molecular weight excluding hydrogens is 366 g/mol. The first-order valence-electron chi connectivity index (χ1n) is 9.87. The van der Waals surface area contributed by atoms with Gasteiger partial charge in [0.1, 0.15) is 5.75 Å². The van der Waals surface area contributed by atoms with Crippen LogP contribution in [-0.4, -0.2) is 53.9 Å². The molecular formula is C23H25N3O3. The zero-order valence-electron chi connectivity index (χ0n) is 16.5. The van der Waals surface area contributed by atoms with E-state index in [2.05, 4.69) is 22.3 Å². The summed E-state index contributed by atoms with van der Waals surface area (Å²) in [7, 11) is 1.63. The van der Waals surface area contributed by atoms with Gasteiger partial charge in [0.2, 0.25) is 0 Å². The maximum Gasteiger partial charge on any atom is 0.257 e. The largest absolute Gasteiger partial charge is 0.497 e. The zero-order chi connectivity index (χ0) is 20.1. The molecule has 0 radical (unpaired) electrons. The predicted molar refractivity (Wildman–Crippen MR) is 111 cm³/mol. The van der Waals surface area contributed by atoms with Gasteiger partial charge < -0.3 is 14.4 Å². The van der Waals surface area contributed by atoms with E-state index in [4.69, 9.17) is 9.47 Å².